The van der Waals surface area contributed by atoms with Gasteiger partial charge in [0.1, 0.15) is 4.83 Å². The van der Waals surface area contributed by atoms with Crippen molar-refractivity contribution in [1.82, 2.24) is 14.9 Å². The molecule has 1 atom stereocenters. The molecular weight excluding hydrogens is 372 g/mol. The molecule has 1 aliphatic heterocycles. The highest BCUT2D eigenvalue weighted by Crippen LogP contribution is 2.45. The molecule has 1 aliphatic rings. The molecule has 6 heteroatoms. The Kier molecular flexibility index (Phi) is 3.96. The summed E-state index contributed by atoms with van der Waals surface area (Å²) in [7, 11) is 2.23. The number of thiophene rings is 1. The topological polar surface area (TPSA) is 41.0 Å². The summed E-state index contributed by atoms with van der Waals surface area (Å²) in [5.74, 6) is 0.556. The Morgan fingerprint density at radius 2 is 2.07 bits per heavy atom. The molecule has 1 aromatic carbocycles. The van der Waals surface area contributed by atoms with Gasteiger partial charge in [0.25, 0.3) is 0 Å². The Bertz CT molecular complexity index is 1130. The maximum Gasteiger partial charge on any atom is 0.125 e. The minimum Gasteiger partial charge on any atom is -0.355 e. The van der Waals surface area contributed by atoms with Crippen molar-refractivity contribution in [2.24, 2.45) is 0 Å². The van der Waals surface area contributed by atoms with E-state index in [2.05, 4.69) is 71.4 Å². The van der Waals surface area contributed by atoms with Gasteiger partial charge >= 0.3 is 0 Å². The maximum absolute atomic E-state index is 4.64. The summed E-state index contributed by atoms with van der Waals surface area (Å²) in [6.07, 6.45) is 3.11. The fourth-order valence-corrected chi connectivity index (χ4v) is 6.05. The van der Waals surface area contributed by atoms with Gasteiger partial charge in [-0.1, -0.05) is 0 Å². The molecule has 1 N–H and O–H groups in total. The Morgan fingerprint density at radius 3 is 2.89 bits per heavy atom. The highest BCUT2D eigenvalue weighted by molar-refractivity contribution is 7.18. The van der Waals surface area contributed by atoms with E-state index in [1.165, 1.54) is 21.4 Å². The molecule has 1 saturated heterocycles. The largest absolute Gasteiger partial charge is 0.355 e. The van der Waals surface area contributed by atoms with Crippen LogP contribution in [0.15, 0.2) is 42.0 Å². The van der Waals surface area contributed by atoms with Gasteiger partial charge in [-0.3, -0.25) is 0 Å². The normalized spacial score (nSPS) is 19.9. The van der Waals surface area contributed by atoms with Gasteiger partial charge in [0.2, 0.25) is 0 Å². The van der Waals surface area contributed by atoms with Crippen molar-refractivity contribution in [3.8, 4) is 0 Å². The van der Waals surface area contributed by atoms with Crippen molar-refractivity contribution in [3.05, 3.63) is 46.9 Å². The van der Waals surface area contributed by atoms with Crippen LogP contribution in [0.4, 0.5) is 11.4 Å². The number of pyridine rings is 1. The second-order valence-electron chi connectivity index (χ2n) is 7.80. The first-order valence-corrected chi connectivity index (χ1v) is 10.9. The summed E-state index contributed by atoms with van der Waals surface area (Å²) in [6, 6.07) is 10.8. The van der Waals surface area contributed by atoms with Gasteiger partial charge in [-0.2, -0.15) is 0 Å². The third-order valence-electron chi connectivity index (χ3n) is 6.00. The zero-order valence-electron chi connectivity index (χ0n) is 15.7. The number of nitrogens with one attached hydrogen (secondary N) is 1. The van der Waals surface area contributed by atoms with Crippen molar-refractivity contribution >= 4 is 54.5 Å². The van der Waals surface area contributed by atoms with Gasteiger partial charge in [-0.05, 0) is 64.2 Å². The van der Waals surface area contributed by atoms with Gasteiger partial charge in [-0.15, -0.1) is 22.7 Å². The second kappa shape index (κ2) is 6.26. The first-order chi connectivity index (χ1) is 13.0. The quantitative estimate of drug-likeness (QED) is 0.473. The number of nitrogens with zero attached hydrogens (tertiary/aromatic N) is 3. The summed E-state index contributed by atoms with van der Waals surface area (Å²) in [4.78, 5) is 14.1. The fraction of sp³-hybridized carbons (Fsp3) is 0.333. The van der Waals surface area contributed by atoms with Crippen LogP contribution in [0.25, 0.3) is 20.4 Å². The van der Waals surface area contributed by atoms with E-state index in [0.29, 0.717) is 5.92 Å². The van der Waals surface area contributed by atoms with Crippen LogP contribution in [-0.2, 0) is 0 Å². The highest BCUT2D eigenvalue weighted by atomic mass is 32.1. The van der Waals surface area contributed by atoms with Crippen LogP contribution in [0, 0.1) is 0 Å². The number of anilines is 2. The minimum atomic E-state index is 0.185. The van der Waals surface area contributed by atoms with Crippen molar-refractivity contribution in [1.29, 1.82) is 0 Å². The van der Waals surface area contributed by atoms with E-state index in [4.69, 9.17) is 0 Å². The van der Waals surface area contributed by atoms with Crippen LogP contribution < -0.4 is 5.32 Å². The highest BCUT2D eigenvalue weighted by Gasteiger charge is 2.40. The Hall–Kier alpha value is -2.02. The summed E-state index contributed by atoms with van der Waals surface area (Å²) in [5, 5.41) is 4.79. The molecule has 0 aliphatic carbocycles. The maximum atomic E-state index is 4.64. The molecule has 0 saturated carbocycles. The van der Waals surface area contributed by atoms with Gasteiger partial charge in [-0.25, -0.2) is 9.97 Å². The summed E-state index contributed by atoms with van der Waals surface area (Å²) < 4.78 is 1.21. The van der Waals surface area contributed by atoms with Crippen LogP contribution >= 0.6 is 22.7 Å². The minimum absolute atomic E-state index is 0.185. The van der Waals surface area contributed by atoms with Crippen LogP contribution in [0.5, 0.6) is 0 Å². The van der Waals surface area contributed by atoms with E-state index >= 15 is 0 Å². The Morgan fingerprint density at radius 1 is 1.19 bits per heavy atom. The summed E-state index contributed by atoms with van der Waals surface area (Å²) in [6.45, 7) is 5.85. The summed E-state index contributed by atoms with van der Waals surface area (Å²) >= 11 is 3.51. The van der Waals surface area contributed by atoms with Crippen LogP contribution in [-0.4, -0.2) is 34.0 Å². The van der Waals surface area contributed by atoms with E-state index in [-0.39, 0.29) is 5.54 Å². The number of likely N-dealkylation sites (N-methyl/N-ethyl adjacent to an activating group) is 1. The van der Waals surface area contributed by atoms with E-state index < -0.39 is 0 Å². The molecule has 0 radical (unpaired) electrons. The van der Waals surface area contributed by atoms with Crippen LogP contribution in [0.1, 0.15) is 31.1 Å². The van der Waals surface area contributed by atoms with E-state index in [9.17, 15) is 0 Å². The number of hydrogen-bond donors (Lipinski definition) is 1. The second-order valence-corrected chi connectivity index (χ2v) is 9.75. The van der Waals surface area contributed by atoms with Crippen molar-refractivity contribution in [3.63, 3.8) is 0 Å². The molecule has 0 amide bonds. The lowest BCUT2D eigenvalue weighted by atomic mass is 9.87. The van der Waals surface area contributed by atoms with E-state index in [0.717, 1.165) is 28.3 Å². The molecule has 0 spiro atoms. The number of likely N-dealkylation sites (tertiary alicyclic amines) is 1. The lowest BCUT2D eigenvalue weighted by molar-refractivity contribution is 0.203. The molecule has 1 unspecified atom stereocenters. The molecule has 4 aromatic rings. The number of rotatable bonds is 3. The molecule has 138 valence electrons. The molecule has 5 rings (SSSR count). The first-order valence-electron chi connectivity index (χ1n) is 9.22. The van der Waals surface area contributed by atoms with Gasteiger partial charge in [0.15, 0.2) is 0 Å². The predicted octanol–water partition coefficient (Wildman–Crippen LogP) is 5.85. The van der Waals surface area contributed by atoms with E-state index in [1.807, 2.05) is 23.0 Å². The molecule has 1 fully saturated rings. The SMILES string of the molecule is CN1CCC(c2cc3c(Nc4ccc5scnc5c4)ccnc3s2)C1(C)C. The van der Waals surface area contributed by atoms with Crippen molar-refractivity contribution in [2.75, 3.05) is 18.9 Å². The predicted molar refractivity (Wildman–Crippen MR) is 117 cm³/mol. The number of fused-ring (bicyclic) bond motifs is 2. The van der Waals surface area contributed by atoms with Crippen LogP contribution in [0.3, 0.4) is 0 Å². The average Bonchev–Trinajstić information content (AvgIpc) is 3.33. The molecule has 4 nitrogen and oxygen atoms in total. The zero-order chi connectivity index (χ0) is 18.6. The van der Waals surface area contributed by atoms with Crippen molar-refractivity contribution < 1.29 is 0 Å². The number of hydrogen-bond acceptors (Lipinski definition) is 6. The lowest BCUT2D eigenvalue weighted by Gasteiger charge is -2.32. The van der Waals surface area contributed by atoms with Gasteiger partial charge in [0, 0.05) is 33.6 Å². The smallest absolute Gasteiger partial charge is 0.125 e. The van der Waals surface area contributed by atoms with Crippen LogP contribution in [0.2, 0.25) is 0 Å². The monoisotopic (exact) mass is 394 g/mol. The zero-order valence-corrected chi connectivity index (χ0v) is 17.3. The standard InChI is InChI=1S/C21H22N4S2/c1-21(2)15(7-9-25(21)3)19-11-14-16(6-8-22-20(14)27-19)24-13-4-5-18-17(10-13)23-12-26-18/h4-6,8,10-12,15H,7,9H2,1-3H3,(H,22,24). The third kappa shape index (κ3) is 2.83. The molecular formula is C21H22N4S2. The summed E-state index contributed by atoms with van der Waals surface area (Å²) in [5.41, 5.74) is 5.29. The number of thiazole rings is 1. The number of benzene rings is 1. The first kappa shape index (κ1) is 17.1. The average molecular weight is 395 g/mol. The Balaban J connectivity index is 1.52. The molecule has 0 bridgehead atoms. The number of aromatic nitrogens is 2. The molecule has 27 heavy (non-hydrogen) atoms. The third-order valence-corrected chi connectivity index (χ3v) is 7.96. The lowest BCUT2D eigenvalue weighted by Crippen LogP contribution is -2.38. The molecule has 3 aromatic heterocycles. The van der Waals surface area contributed by atoms with Crippen molar-refractivity contribution in [2.45, 2.75) is 31.7 Å². The van der Waals surface area contributed by atoms with E-state index in [1.54, 1.807) is 11.3 Å². The molecule has 4 heterocycles. The van der Waals surface area contributed by atoms with Gasteiger partial charge < -0.3 is 10.2 Å². The van der Waals surface area contributed by atoms with Gasteiger partial charge in [0.05, 0.1) is 21.4 Å². The fourth-order valence-electron chi connectivity index (χ4n) is 4.05. The Labute approximate surface area is 166 Å².